The first-order chi connectivity index (χ1) is 11.3. The zero-order valence-electron chi connectivity index (χ0n) is 13.1. The molecular weight excluding hydrogens is 282 g/mol. The highest BCUT2D eigenvalue weighted by atomic mass is 15.2. The molecule has 0 spiro atoms. The van der Waals surface area contributed by atoms with Crippen LogP contribution in [-0.4, -0.2) is 34.5 Å². The SMILES string of the molecule is c1cc(-c2ccc(C34CCN(CC3)C4)cn2)c2cccnc2c1. The fourth-order valence-corrected chi connectivity index (χ4v) is 4.30. The standard InChI is InChI=1S/C20H19N3/c1-3-16(17-4-2-10-21-18(17)5-1)19-7-6-15(13-22-19)20-8-11-23(14-20)12-9-20/h1-7,10,13H,8-9,11-12,14H2. The van der Waals surface area contributed by atoms with E-state index in [1.54, 1.807) is 0 Å². The molecule has 23 heavy (non-hydrogen) atoms. The van der Waals surface area contributed by atoms with E-state index >= 15 is 0 Å². The molecule has 3 aromatic rings. The maximum absolute atomic E-state index is 4.81. The molecule has 2 aliphatic rings. The number of aromatic nitrogens is 2. The van der Waals surface area contributed by atoms with E-state index < -0.39 is 0 Å². The maximum atomic E-state index is 4.81. The second-order valence-electron chi connectivity index (χ2n) is 6.86. The topological polar surface area (TPSA) is 29.0 Å². The third-order valence-corrected chi connectivity index (χ3v) is 5.64. The highest BCUT2D eigenvalue weighted by Crippen LogP contribution is 2.43. The zero-order chi connectivity index (χ0) is 15.3. The Morgan fingerprint density at radius 3 is 2.57 bits per heavy atom. The van der Waals surface area contributed by atoms with Crippen LogP contribution in [0.5, 0.6) is 0 Å². The normalized spacial score (nSPS) is 26.0. The van der Waals surface area contributed by atoms with Crippen molar-refractivity contribution >= 4 is 10.9 Å². The van der Waals surface area contributed by atoms with Gasteiger partial charge in [0.25, 0.3) is 0 Å². The van der Waals surface area contributed by atoms with Crippen LogP contribution in [-0.2, 0) is 5.41 Å². The molecule has 0 atom stereocenters. The molecule has 2 bridgehead atoms. The molecule has 114 valence electrons. The van der Waals surface area contributed by atoms with E-state index in [-0.39, 0.29) is 0 Å². The molecular formula is C20H19N3. The first kappa shape index (κ1) is 13.2. The van der Waals surface area contributed by atoms with E-state index in [1.165, 1.54) is 49.0 Å². The molecule has 0 radical (unpaired) electrons. The van der Waals surface area contributed by atoms with Gasteiger partial charge in [0.2, 0.25) is 0 Å². The third-order valence-electron chi connectivity index (χ3n) is 5.64. The van der Waals surface area contributed by atoms with Crippen LogP contribution in [0.15, 0.2) is 54.9 Å². The molecule has 0 N–H and O–H groups in total. The number of piperidine rings is 1. The lowest BCUT2D eigenvalue weighted by molar-refractivity contribution is 0.364. The van der Waals surface area contributed by atoms with Crippen LogP contribution < -0.4 is 0 Å². The molecule has 2 aliphatic heterocycles. The summed E-state index contributed by atoms with van der Waals surface area (Å²) in [6.07, 6.45) is 6.52. The Morgan fingerprint density at radius 1 is 0.913 bits per heavy atom. The molecule has 5 rings (SSSR count). The zero-order valence-corrected chi connectivity index (χ0v) is 13.1. The lowest BCUT2D eigenvalue weighted by atomic mass is 9.78. The van der Waals surface area contributed by atoms with Gasteiger partial charge in [-0.3, -0.25) is 9.97 Å². The van der Waals surface area contributed by atoms with Crippen LogP contribution >= 0.6 is 0 Å². The Morgan fingerprint density at radius 2 is 1.83 bits per heavy atom. The third kappa shape index (κ3) is 2.00. The molecule has 2 saturated heterocycles. The minimum atomic E-state index is 0.367. The Balaban J connectivity index is 1.57. The van der Waals surface area contributed by atoms with E-state index in [0.29, 0.717) is 5.41 Å². The fraction of sp³-hybridized carbons (Fsp3) is 0.300. The van der Waals surface area contributed by atoms with E-state index in [0.717, 1.165) is 11.2 Å². The Labute approximate surface area is 136 Å². The number of nitrogens with zero attached hydrogens (tertiary/aromatic N) is 3. The van der Waals surface area contributed by atoms with Crippen molar-refractivity contribution in [1.29, 1.82) is 0 Å². The van der Waals surface area contributed by atoms with Crippen molar-refractivity contribution in [3.8, 4) is 11.3 Å². The van der Waals surface area contributed by atoms with E-state index in [2.05, 4.69) is 52.5 Å². The smallest absolute Gasteiger partial charge is 0.0708 e. The maximum Gasteiger partial charge on any atom is 0.0708 e. The fourth-order valence-electron chi connectivity index (χ4n) is 4.30. The van der Waals surface area contributed by atoms with Crippen molar-refractivity contribution in [1.82, 2.24) is 14.9 Å². The summed E-state index contributed by atoms with van der Waals surface area (Å²) < 4.78 is 0. The number of hydrogen-bond acceptors (Lipinski definition) is 3. The predicted octanol–water partition coefficient (Wildman–Crippen LogP) is 3.64. The van der Waals surface area contributed by atoms with Crippen LogP contribution in [0.4, 0.5) is 0 Å². The highest BCUT2D eigenvalue weighted by Gasteiger charge is 2.44. The van der Waals surface area contributed by atoms with Crippen molar-refractivity contribution in [2.75, 3.05) is 19.6 Å². The van der Waals surface area contributed by atoms with Gasteiger partial charge in [-0.25, -0.2) is 0 Å². The molecule has 2 fully saturated rings. The van der Waals surface area contributed by atoms with Crippen LogP contribution in [0.25, 0.3) is 22.2 Å². The molecule has 2 aromatic heterocycles. The van der Waals surface area contributed by atoms with E-state index in [9.17, 15) is 0 Å². The highest BCUT2D eigenvalue weighted by molar-refractivity contribution is 5.93. The summed E-state index contributed by atoms with van der Waals surface area (Å²) in [5.74, 6) is 0. The lowest BCUT2D eigenvalue weighted by Gasteiger charge is -2.25. The minimum Gasteiger partial charge on any atom is -0.302 e. The summed E-state index contributed by atoms with van der Waals surface area (Å²) in [5.41, 5.74) is 5.01. The molecule has 1 aromatic carbocycles. The Hall–Kier alpha value is -2.26. The van der Waals surface area contributed by atoms with Crippen LogP contribution in [0.3, 0.4) is 0 Å². The number of rotatable bonds is 2. The summed E-state index contributed by atoms with van der Waals surface area (Å²) >= 11 is 0. The summed E-state index contributed by atoms with van der Waals surface area (Å²) in [5, 5.41) is 1.17. The lowest BCUT2D eigenvalue weighted by Crippen LogP contribution is -2.24. The van der Waals surface area contributed by atoms with E-state index in [1.807, 2.05) is 12.3 Å². The van der Waals surface area contributed by atoms with Gasteiger partial charge in [-0.15, -0.1) is 0 Å². The minimum absolute atomic E-state index is 0.367. The second-order valence-corrected chi connectivity index (χ2v) is 6.86. The van der Waals surface area contributed by atoms with Crippen molar-refractivity contribution in [3.05, 3.63) is 60.4 Å². The van der Waals surface area contributed by atoms with Crippen molar-refractivity contribution < 1.29 is 0 Å². The van der Waals surface area contributed by atoms with Gasteiger partial charge < -0.3 is 4.90 Å². The van der Waals surface area contributed by atoms with Crippen LogP contribution in [0, 0.1) is 0 Å². The quantitative estimate of drug-likeness (QED) is 0.723. The molecule has 0 saturated carbocycles. The number of fused-ring (bicyclic) bond motifs is 3. The number of pyridine rings is 2. The van der Waals surface area contributed by atoms with Gasteiger partial charge in [0.1, 0.15) is 0 Å². The van der Waals surface area contributed by atoms with Crippen molar-refractivity contribution in [3.63, 3.8) is 0 Å². The van der Waals surface area contributed by atoms with Gasteiger partial charge in [-0.1, -0.05) is 24.3 Å². The van der Waals surface area contributed by atoms with Crippen LogP contribution in [0.1, 0.15) is 18.4 Å². The average molecular weight is 301 g/mol. The summed E-state index contributed by atoms with van der Waals surface area (Å²) in [6, 6.07) is 14.8. The second kappa shape index (κ2) is 4.87. The molecule has 3 nitrogen and oxygen atoms in total. The molecule has 0 aliphatic carbocycles. The van der Waals surface area contributed by atoms with Crippen molar-refractivity contribution in [2.24, 2.45) is 0 Å². The number of hydrogen-bond donors (Lipinski definition) is 0. The van der Waals surface area contributed by atoms with Gasteiger partial charge >= 0.3 is 0 Å². The Bertz CT molecular complexity index is 856. The van der Waals surface area contributed by atoms with Gasteiger partial charge in [0.05, 0.1) is 11.2 Å². The van der Waals surface area contributed by atoms with Gasteiger partial charge in [0.15, 0.2) is 0 Å². The summed E-state index contributed by atoms with van der Waals surface area (Å²) in [4.78, 5) is 11.8. The van der Waals surface area contributed by atoms with Gasteiger partial charge in [-0.2, -0.15) is 0 Å². The van der Waals surface area contributed by atoms with Crippen molar-refractivity contribution in [2.45, 2.75) is 18.3 Å². The predicted molar refractivity (Wildman–Crippen MR) is 92.3 cm³/mol. The summed E-state index contributed by atoms with van der Waals surface area (Å²) in [7, 11) is 0. The molecule has 0 amide bonds. The monoisotopic (exact) mass is 301 g/mol. The largest absolute Gasteiger partial charge is 0.302 e. The first-order valence-electron chi connectivity index (χ1n) is 8.37. The van der Waals surface area contributed by atoms with Crippen LogP contribution in [0.2, 0.25) is 0 Å². The van der Waals surface area contributed by atoms with Gasteiger partial charge in [0, 0.05) is 35.3 Å². The summed E-state index contributed by atoms with van der Waals surface area (Å²) in [6.45, 7) is 3.71. The molecule has 0 unspecified atom stereocenters. The van der Waals surface area contributed by atoms with E-state index in [4.69, 9.17) is 4.98 Å². The number of benzene rings is 1. The Kier molecular flexibility index (Phi) is 2.79. The average Bonchev–Trinajstić information content (AvgIpc) is 3.24. The molecule has 3 heteroatoms. The van der Waals surface area contributed by atoms with Gasteiger partial charge in [-0.05, 0) is 49.7 Å². The first-order valence-corrected chi connectivity index (χ1v) is 8.37. The molecule has 4 heterocycles.